The zero-order valence-electron chi connectivity index (χ0n) is 16.9. The lowest BCUT2D eigenvalue weighted by atomic mass is 10.1. The lowest BCUT2D eigenvalue weighted by Crippen LogP contribution is -2.45. The number of hydrogen-bond acceptors (Lipinski definition) is 6. The van der Waals surface area contributed by atoms with Gasteiger partial charge in [-0.3, -0.25) is 9.78 Å². The summed E-state index contributed by atoms with van der Waals surface area (Å²) in [5, 5.41) is 11.2. The number of carbonyl (C=O) groups is 2. The van der Waals surface area contributed by atoms with Crippen molar-refractivity contribution in [2.24, 2.45) is 0 Å². The van der Waals surface area contributed by atoms with Crippen molar-refractivity contribution in [3.8, 4) is 5.69 Å². The van der Waals surface area contributed by atoms with Gasteiger partial charge in [-0.05, 0) is 62.7 Å². The van der Waals surface area contributed by atoms with Gasteiger partial charge in [0.15, 0.2) is 5.69 Å². The third-order valence-corrected chi connectivity index (χ3v) is 4.25. The van der Waals surface area contributed by atoms with Crippen molar-refractivity contribution < 1.29 is 14.3 Å². The minimum Gasteiger partial charge on any atom is -0.458 e. The van der Waals surface area contributed by atoms with Gasteiger partial charge in [0.05, 0.1) is 11.9 Å². The molecular weight excluding hydrogens is 406 g/mol. The van der Waals surface area contributed by atoms with Crippen molar-refractivity contribution in [2.75, 3.05) is 0 Å². The van der Waals surface area contributed by atoms with Crippen LogP contribution in [0.5, 0.6) is 0 Å². The van der Waals surface area contributed by atoms with Crippen molar-refractivity contribution in [1.29, 1.82) is 0 Å². The number of hydrogen-bond donors (Lipinski definition) is 1. The zero-order valence-corrected chi connectivity index (χ0v) is 17.6. The fraction of sp³-hybridized carbons (Fsp3) is 0.286. The van der Waals surface area contributed by atoms with Gasteiger partial charge in [0, 0.05) is 23.8 Å². The second-order valence-electron chi connectivity index (χ2n) is 7.64. The molecular formula is C21H22ClN5O3. The molecule has 2 heterocycles. The summed E-state index contributed by atoms with van der Waals surface area (Å²) in [4.78, 5) is 29.4. The summed E-state index contributed by atoms with van der Waals surface area (Å²) in [5.74, 6) is -1.06. The number of nitrogens with one attached hydrogen (secondary N) is 1. The van der Waals surface area contributed by atoms with Crippen LogP contribution >= 0.6 is 11.6 Å². The summed E-state index contributed by atoms with van der Waals surface area (Å²) in [7, 11) is 0. The van der Waals surface area contributed by atoms with Gasteiger partial charge in [-0.25, -0.2) is 9.48 Å². The van der Waals surface area contributed by atoms with Crippen LogP contribution in [0.3, 0.4) is 0 Å². The van der Waals surface area contributed by atoms with Crippen molar-refractivity contribution in [3.05, 3.63) is 71.3 Å². The Hall–Kier alpha value is -3.26. The van der Waals surface area contributed by atoms with Gasteiger partial charge in [0.1, 0.15) is 11.6 Å². The van der Waals surface area contributed by atoms with Crippen molar-refractivity contribution in [2.45, 2.75) is 38.8 Å². The standard InChI is InChI=1S/C21H22ClN5O3/c1-21(2,3)30-20(29)17(12-14-8-10-23-11-9-14)24-19(28)18-13-27(26-25-18)16-6-4-15(22)5-7-16/h4-11,13,17H,12H2,1-3H3,(H,24,28). The topological polar surface area (TPSA) is 99.0 Å². The number of carbonyl (C=O) groups excluding carboxylic acids is 2. The SMILES string of the molecule is CC(C)(C)OC(=O)C(Cc1ccncc1)NC(=O)c1cn(-c2ccc(Cl)cc2)nn1. The first kappa shape index (κ1) is 21.4. The highest BCUT2D eigenvalue weighted by atomic mass is 35.5. The van der Waals surface area contributed by atoms with Gasteiger partial charge < -0.3 is 10.1 Å². The average molecular weight is 428 g/mol. The molecule has 156 valence electrons. The highest BCUT2D eigenvalue weighted by molar-refractivity contribution is 6.30. The fourth-order valence-corrected chi connectivity index (χ4v) is 2.77. The van der Waals surface area contributed by atoms with Crippen molar-refractivity contribution in [1.82, 2.24) is 25.3 Å². The summed E-state index contributed by atoms with van der Waals surface area (Å²) in [6.07, 6.45) is 4.99. The molecule has 1 atom stereocenters. The molecule has 1 amide bonds. The number of amides is 1. The third-order valence-electron chi connectivity index (χ3n) is 4.00. The smallest absolute Gasteiger partial charge is 0.329 e. The second-order valence-corrected chi connectivity index (χ2v) is 8.08. The Kier molecular flexibility index (Phi) is 6.47. The Labute approximate surface area is 179 Å². The maximum Gasteiger partial charge on any atom is 0.329 e. The molecule has 0 saturated carbocycles. The molecule has 1 aromatic carbocycles. The molecule has 9 heteroatoms. The number of halogens is 1. The lowest BCUT2D eigenvalue weighted by molar-refractivity contribution is -0.157. The Morgan fingerprint density at radius 2 is 1.80 bits per heavy atom. The molecule has 0 bridgehead atoms. The highest BCUT2D eigenvalue weighted by Crippen LogP contribution is 2.14. The van der Waals surface area contributed by atoms with Crippen LogP contribution in [-0.2, 0) is 16.0 Å². The van der Waals surface area contributed by atoms with Gasteiger partial charge in [-0.15, -0.1) is 5.10 Å². The number of benzene rings is 1. The zero-order chi connectivity index (χ0) is 21.7. The van der Waals surface area contributed by atoms with E-state index in [0.717, 1.165) is 5.56 Å². The predicted molar refractivity (Wildman–Crippen MR) is 111 cm³/mol. The van der Waals surface area contributed by atoms with E-state index in [2.05, 4.69) is 20.6 Å². The molecule has 3 rings (SSSR count). The summed E-state index contributed by atoms with van der Waals surface area (Å²) in [5.41, 5.74) is 0.932. The summed E-state index contributed by atoms with van der Waals surface area (Å²) in [6, 6.07) is 9.61. The van der Waals surface area contributed by atoms with E-state index in [1.165, 1.54) is 10.9 Å². The Morgan fingerprint density at radius 3 is 2.43 bits per heavy atom. The van der Waals surface area contributed by atoms with E-state index in [1.807, 2.05) is 0 Å². The van der Waals surface area contributed by atoms with Crippen LogP contribution in [0.25, 0.3) is 5.69 Å². The predicted octanol–water partition coefficient (Wildman–Crippen LogP) is 3.00. The molecule has 2 aromatic heterocycles. The van der Waals surface area contributed by atoms with Crippen LogP contribution < -0.4 is 5.32 Å². The van der Waals surface area contributed by atoms with E-state index in [0.29, 0.717) is 10.7 Å². The van der Waals surface area contributed by atoms with E-state index in [4.69, 9.17) is 16.3 Å². The monoisotopic (exact) mass is 427 g/mol. The molecule has 3 aromatic rings. The molecule has 0 aliphatic rings. The lowest BCUT2D eigenvalue weighted by Gasteiger charge is -2.24. The Morgan fingerprint density at radius 1 is 1.13 bits per heavy atom. The Bertz CT molecular complexity index is 1010. The summed E-state index contributed by atoms with van der Waals surface area (Å²) >= 11 is 5.90. The molecule has 0 spiro atoms. The minimum atomic E-state index is -0.889. The van der Waals surface area contributed by atoms with Crippen molar-refractivity contribution in [3.63, 3.8) is 0 Å². The van der Waals surface area contributed by atoms with E-state index < -0.39 is 23.5 Å². The van der Waals surface area contributed by atoms with Crippen LogP contribution in [0.1, 0.15) is 36.8 Å². The molecule has 1 N–H and O–H groups in total. The molecule has 0 radical (unpaired) electrons. The first-order valence-corrected chi connectivity index (χ1v) is 9.70. The molecule has 30 heavy (non-hydrogen) atoms. The van der Waals surface area contributed by atoms with Crippen LogP contribution in [0.2, 0.25) is 5.02 Å². The number of nitrogens with zero attached hydrogens (tertiary/aromatic N) is 4. The molecule has 0 aliphatic carbocycles. The van der Waals surface area contributed by atoms with Crippen LogP contribution in [0.4, 0.5) is 0 Å². The molecule has 0 fully saturated rings. The highest BCUT2D eigenvalue weighted by Gasteiger charge is 2.28. The molecule has 8 nitrogen and oxygen atoms in total. The van der Waals surface area contributed by atoms with E-state index in [9.17, 15) is 9.59 Å². The maximum absolute atomic E-state index is 12.7. The van der Waals surface area contributed by atoms with Gasteiger partial charge in [-0.2, -0.15) is 0 Å². The van der Waals surface area contributed by atoms with Crippen LogP contribution in [-0.4, -0.2) is 43.5 Å². The maximum atomic E-state index is 12.7. The van der Waals surface area contributed by atoms with E-state index in [1.54, 1.807) is 69.6 Å². The number of pyridine rings is 1. The number of aromatic nitrogens is 4. The fourth-order valence-electron chi connectivity index (χ4n) is 2.64. The minimum absolute atomic E-state index is 0.0771. The van der Waals surface area contributed by atoms with Gasteiger partial charge in [0.2, 0.25) is 0 Å². The Balaban J connectivity index is 1.77. The quantitative estimate of drug-likeness (QED) is 0.607. The third kappa shape index (κ3) is 5.87. The van der Waals surface area contributed by atoms with Gasteiger partial charge >= 0.3 is 5.97 Å². The second kappa shape index (κ2) is 9.04. The molecule has 1 unspecified atom stereocenters. The van der Waals surface area contributed by atoms with Gasteiger partial charge in [-0.1, -0.05) is 16.8 Å². The number of esters is 1. The van der Waals surface area contributed by atoms with Crippen LogP contribution in [0, 0.1) is 0 Å². The van der Waals surface area contributed by atoms with E-state index in [-0.39, 0.29) is 12.1 Å². The number of ether oxygens (including phenoxy) is 1. The largest absolute Gasteiger partial charge is 0.458 e. The summed E-state index contributed by atoms with van der Waals surface area (Å²) < 4.78 is 6.93. The first-order valence-electron chi connectivity index (χ1n) is 9.32. The first-order chi connectivity index (χ1) is 14.2. The summed E-state index contributed by atoms with van der Waals surface area (Å²) in [6.45, 7) is 5.32. The normalized spacial score (nSPS) is 12.3. The molecule has 0 saturated heterocycles. The molecule has 0 aliphatic heterocycles. The average Bonchev–Trinajstić information content (AvgIpc) is 3.18. The van der Waals surface area contributed by atoms with Crippen LogP contribution in [0.15, 0.2) is 55.0 Å². The number of rotatable bonds is 6. The van der Waals surface area contributed by atoms with Gasteiger partial charge in [0.25, 0.3) is 5.91 Å². The van der Waals surface area contributed by atoms with E-state index >= 15 is 0 Å². The van der Waals surface area contributed by atoms with Crippen molar-refractivity contribution >= 4 is 23.5 Å².